The minimum Gasteiger partial charge on any atom is -0.382 e. The zero-order chi connectivity index (χ0) is 11.3. The van der Waals surface area contributed by atoms with Crippen LogP contribution in [0.25, 0.3) is 0 Å². The Morgan fingerprint density at radius 2 is 2.40 bits per heavy atom. The second-order valence-electron chi connectivity index (χ2n) is 3.63. The van der Waals surface area contributed by atoms with Gasteiger partial charge in [-0.2, -0.15) is 0 Å². The van der Waals surface area contributed by atoms with Gasteiger partial charge in [-0.05, 0) is 25.5 Å². The van der Waals surface area contributed by atoms with Crippen molar-refractivity contribution in [2.45, 2.75) is 32.7 Å². The Morgan fingerprint density at radius 1 is 1.67 bits per heavy atom. The van der Waals surface area contributed by atoms with Gasteiger partial charge in [0.15, 0.2) is 0 Å². The van der Waals surface area contributed by atoms with E-state index in [2.05, 4.69) is 24.1 Å². The average molecular weight is 207 g/mol. The van der Waals surface area contributed by atoms with Crippen molar-refractivity contribution in [3.63, 3.8) is 0 Å². The monoisotopic (exact) mass is 207 g/mol. The van der Waals surface area contributed by atoms with Crippen LogP contribution in [-0.4, -0.2) is 16.9 Å². The summed E-state index contributed by atoms with van der Waals surface area (Å²) in [7, 11) is 0. The molecule has 4 heteroatoms. The highest BCUT2D eigenvalue weighted by molar-refractivity contribution is 5.91. The molecule has 4 nitrogen and oxygen atoms in total. The van der Waals surface area contributed by atoms with Gasteiger partial charge in [0, 0.05) is 17.9 Å². The van der Waals surface area contributed by atoms with Crippen LogP contribution in [-0.2, 0) is 0 Å². The van der Waals surface area contributed by atoms with E-state index in [1.165, 1.54) is 0 Å². The number of nitrogens with one attached hydrogen (secondary N) is 1. The molecule has 0 bridgehead atoms. The van der Waals surface area contributed by atoms with Gasteiger partial charge in [0.2, 0.25) is 0 Å². The number of carbonyl (C=O) groups is 1. The van der Waals surface area contributed by atoms with E-state index in [1.54, 1.807) is 12.3 Å². The fraction of sp³-hybridized carbons (Fsp3) is 0.455. The third kappa shape index (κ3) is 3.58. The van der Waals surface area contributed by atoms with E-state index in [0.717, 1.165) is 18.5 Å². The summed E-state index contributed by atoms with van der Waals surface area (Å²) in [5.41, 5.74) is 6.33. The normalized spacial score (nSPS) is 12.1. The number of nitrogens with zero attached hydrogens (tertiary/aromatic N) is 1. The Morgan fingerprint density at radius 3 is 3.00 bits per heavy atom. The molecule has 1 atom stereocenters. The van der Waals surface area contributed by atoms with Crippen molar-refractivity contribution >= 4 is 11.6 Å². The lowest BCUT2D eigenvalue weighted by Gasteiger charge is -2.14. The molecule has 0 radical (unpaired) electrons. The van der Waals surface area contributed by atoms with E-state index in [1.807, 2.05) is 6.07 Å². The highest BCUT2D eigenvalue weighted by Gasteiger charge is 2.04. The second kappa shape index (κ2) is 5.34. The quantitative estimate of drug-likeness (QED) is 0.773. The summed E-state index contributed by atoms with van der Waals surface area (Å²) < 4.78 is 0. The molecule has 0 saturated heterocycles. The number of primary amides is 1. The van der Waals surface area contributed by atoms with Gasteiger partial charge in [-0.25, -0.2) is 0 Å². The lowest BCUT2D eigenvalue weighted by Crippen LogP contribution is -2.17. The molecular formula is C11H17N3O. The number of amides is 1. The van der Waals surface area contributed by atoms with E-state index >= 15 is 0 Å². The van der Waals surface area contributed by atoms with Crippen LogP contribution in [0.2, 0.25) is 0 Å². The van der Waals surface area contributed by atoms with Gasteiger partial charge in [-0.15, -0.1) is 0 Å². The number of hydrogen-bond donors (Lipinski definition) is 2. The topological polar surface area (TPSA) is 68.0 Å². The van der Waals surface area contributed by atoms with Crippen molar-refractivity contribution in [2.24, 2.45) is 5.73 Å². The maximum Gasteiger partial charge on any atom is 0.267 e. The molecule has 1 aromatic rings. The zero-order valence-electron chi connectivity index (χ0n) is 9.16. The van der Waals surface area contributed by atoms with Crippen molar-refractivity contribution in [1.82, 2.24) is 4.98 Å². The van der Waals surface area contributed by atoms with E-state index in [0.29, 0.717) is 11.7 Å². The Labute approximate surface area is 89.9 Å². The highest BCUT2D eigenvalue weighted by Crippen LogP contribution is 2.11. The Balaban J connectivity index is 2.69. The molecule has 1 aromatic heterocycles. The number of carbonyl (C=O) groups excluding carboxylic acids is 1. The molecule has 0 aromatic carbocycles. The number of pyridine rings is 1. The predicted octanol–water partition coefficient (Wildman–Crippen LogP) is 1.78. The third-order valence-electron chi connectivity index (χ3n) is 2.15. The van der Waals surface area contributed by atoms with Crippen molar-refractivity contribution in [3.05, 3.63) is 24.0 Å². The predicted molar refractivity (Wildman–Crippen MR) is 60.7 cm³/mol. The lowest BCUT2D eigenvalue weighted by molar-refractivity contribution is 0.0995. The van der Waals surface area contributed by atoms with E-state index in [-0.39, 0.29) is 0 Å². The number of anilines is 1. The summed E-state index contributed by atoms with van der Waals surface area (Å²) in [6.45, 7) is 4.24. The van der Waals surface area contributed by atoms with Gasteiger partial charge >= 0.3 is 0 Å². The Hall–Kier alpha value is -1.58. The summed E-state index contributed by atoms with van der Waals surface area (Å²) in [6.07, 6.45) is 3.80. The fourth-order valence-corrected chi connectivity index (χ4v) is 1.44. The van der Waals surface area contributed by atoms with E-state index in [9.17, 15) is 4.79 Å². The van der Waals surface area contributed by atoms with E-state index < -0.39 is 5.91 Å². The van der Waals surface area contributed by atoms with Gasteiger partial charge in [-0.3, -0.25) is 9.78 Å². The summed E-state index contributed by atoms with van der Waals surface area (Å²) in [5.74, 6) is -0.498. The molecule has 1 unspecified atom stereocenters. The Kier molecular flexibility index (Phi) is 4.09. The van der Waals surface area contributed by atoms with Gasteiger partial charge in [-0.1, -0.05) is 13.3 Å². The molecule has 0 aliphatic carbocycles. The summed E-state index contributed by atoms with van der Waals surface area (Å²) in [4.78, 5) is 14.8. The van der Waals surface area contributed by atoms with Crippen molar-refractivity contribution in [1.29, 1.82) is 0 Å². The minimum atomic E-state index is -0.498. The molecule has 1 heterocycles. The van der Waals surface area contributed by atoms with Crippen molar-refractivity contribution in [2.75, 3.05) is 5.32 Å². The van der Waals surface area contributed by atoms with Crippen molar-refractivity contribution < 1.29 is 4.79 Å². The maximum absolute atomic E-state index is 10.9. The van der Waals surface area contributed by atoms with Gasteiger partial charge in [0.1, 0.15) is 5.69 Å². The maximum atomic E-state index is 10.9. The van der Waals surface area contributed by atoms with Crippen LogP contribution < -0.4 is 11.1 Å². The van der Waals surface area contributed by atoms with Crippen LogP contribution in [0.4, 0.5) is 5.69 Å². The molecule has 3 N–H and O–H groups in total. The second-order valence-corrected chi connectivity index (χ2v) is 3.63. The Bertz CT molecular complexity index is 338. The first-order chi connectivity index (χ1) is 7.13. The summed E-state index contributed by atoms with van der Waals surface area (Å²) in [6, 6.07) is 3.89. The molecule has 1 rings (SSSR count). The molecule has 0 fully saturated rings. The first-order valence-electron chi connectivity index (χ1n) is 5.16. The first-order valence-corrected chi connectivity index (χ1v) is 5.16. The lowest BCUT2D eigenvalue weighted by atomic mass is 10.2. The van der Waals surface area contributed by atoms with Crippen LogP contribution in [0, 0.1) is 0 Å². The molecule has 82 valence electrons. The number of nitrogens with two attached hydrogens (primary N) is 1. The average Bonchev–Trinajstić information content (AvgIpc) is 2.18. The first kappa shape index (κ1) is 11.5. The molecule has 0 aliphatic rings. The summed E-state index contributed by atoms with van der Waals surface area (Å²) >= 11 is 0. The van der Waals surface area contributed by atoms with Crippen LogP contribution in [0.3, 0.4) is 0 Å². The summed E-state index contributed by atoms with van der Waals surface area (Å²) in [5, 5.41) is 3.29. The number of aromatic nitrogens is 1. The van der Waals surface area contributed by atoms with Crippen molar-refractivity contribution in [3.8, 4) is 0 Å². The highest BCUT2D eigenvalue weighted by atomic mass is 16.1. The third-order valence-corrected chi connectivity index (χ3v) is 2.15. The molecule has 0 saturated carbocycles. The molecule has 1 amide bonds. The van der Waals surface area contributed by atoms with Gasteiger partial charge in [0.25, 0.3) is 5.91 Å². The smallest absolute Gasteiger partial charge is 0.267 e. The number of hydrogen-bond acceptors (Lipinski definition) is 3. The zero-order valence-corrected chi connectivity index (χ0v) is 9.16. The van der Waals surface area contributed by atoms with Crippen LogP contribution in [0.1, 0.15) is 37.2 Å². The van der Waals surface area contributed by atoms with E-state index in [4.69, 9.17) is 5.73 Å². The van der Waals surface area contributed by atoms with Crippen LogP contribution in [0.15, 0.2) is 18.3 Å². The number of rotatable bonds is 5. The molecule has 0 spiro atoms. The minimum absolute atomic E-state index is 0.295. The van der Waals surface area contributed by atoms with Gasteiger partial charge in [0.05, 0.1) is 0 Å². The largest absolute Gasteiger partial charge is 0.382 e. The van der Waals surface area contributed by atoms with Crippen LogP contribution in [0.5, 0.6) is 0 Å². The standard InChI is InChI=1S/C11H17N3O/c1-3-4-8(2)14-9-5-6-13-10(7-9)11(12)15/h5-8H,3-4H2,1-2H3,(H2,12,15)(H,13,14). The SMILES string of the molecule is CCCC(C)Nc1ccnc(C(N)=O)c1. The fourth-order valence-electron chi connectivity index (χ4n) is 1.44. The molecule has 15 heavy (non-hydrogen) atoms. The molecular weight excluding hydrogens is 190 g/mol. The molecule has 0 aliphatic heterocycles. The van der Waals surface area contributed by atoms with Crippen LogP contribution >= 0.6 is 0 Å². The van der Waals surface area contributed by atoms with Gasteiger partial charge < -0.3 is 11.1 Å².